The van der Waals surface area contributed by atoms with Crippen LogP contribution in [0.15, 0.2) is 45.1 Å². The van der Waals surface area contributed by atoms with Crippen LogP contribution in [0.4, 0.5) is 0 Å². The highest BCUT2D eigenvalue weighted by Gasteiger charge is 2.28. The number of hydrogen-bond acceptors (Lipinski definition) is 5. The third-order valence-electron chi connectivity index (χ3n) is 4.35. The molecule has 0 spiro atoms. The molecule has 0 N–H and O–H groups in total. The molecule has 8 heteroatoms. The summed E-state index contributed by atoms with van der Waals surface area (Å²) in [7, 11) is -1.95. The fraction of sp³-hybridized carbons (Fsp3) is 0.412. The van der Waals surface area contributed by atoms with Gasteiger partial charge in [0, 0.05) is 43.7 Å². The van der Waals surface area contributed by atoms with Crippen LogP contribution in [0.3, 0.4) is 0 Å². The average molecular weight is 445 g/mol. The summed E-state index contributed by atoms with van der Waals surface area (Å²) in [6.07, 6.45) is 1.02. The number of methoxy groups -OCH3 is 1. The Labute approximate surface area is 161 Å². The van der Waals surface area contributed by atoms with Gasteiger partial charge in [-0.15, -0.1) is 11.3 Å². The first-order chi connectivity index (χ1) is 12.0. The third-order valence-corrected chi connectivity index (χ3v) is 7.83. The maximum absolute atomic E-state index is 12.9. The Balaban J connectivity index is 1.61. The molecule has 0 unspecified atom stereocenters. The first-order valence-electron chi connectivity index (χ1n) is 8.09. The van der Waals surface area contributed by atoms with Gasteiger partial charge in [0.15, 0.2) is 0 Å². The van der Waals surface area contributed by atoms with Crippen molar-refractivity contribution in [3.8, 4) is 5.75 Å². The average Bonchev–Trinajstić information content (AvgIpc) is 3.14. The Kier molecular flexibility index (Phi) is 6.17. The van der Waals surface area contributed by atoms with Gasteiger partial charge in [-0.2, -0.15) is 4.31 Å². The lowest BCUT2D eigenvalue weighted by molar-refractivity contribution is 0.190. The highest BCUT2D eigenvalue weighted by molar-refractivity contribution is 9.10. The fourth-order valence-corrected chi connectivity index (χ4v) is 5.41. The van der Waals surface area contributed by atoms with Gasteiger partial charge in [0.05, 0.1) is 16.5 Å². The predicted octanol–water partition coefficient (Wildman–Crippen LogP) is 3.07. The molecule has 1 aromatic carbocycles. The minimum absolute atomic E-state index is 0.277. The molecular formula is C17H21BrN2O3S2. The van der Waals surface area contributed by atoms with Crippen molar-refractivity contribution in [2.75, 3.05) is 39.8 Å². The quantitative estimate of drug-likeness (QED) is 0.686. The van der Waals surface area contributed by atoms with Crippen LogP contribution in [0, 0.1) is 0 Å². The highest BCUT2D eigenvalue weighted by atomic mass is 79.9. The van der Waals surface area contributed by atoms with Crippen LogP contribution in [-0.4, -0.2) is 57.5 Å². The Bertz CT molecular complexity index is 801. The second-order valence-corrected chi connectivity index (χ2v) is 9.70. The lowest BCUT2D eigenvalue weighted by Gasteiger charge is -2.34. The van der Waals surface area contributed by atoms with Gasteiger partial charge in [-0.05, 0) is 45.9 Å². The first-order valence-corrected chi connectivity index (χ1v) is 11.2. The van der Waals surface area contributed by atoms with E-state index >= 15 is 0 Å². The second kappa shape index (κ2) is 8.18. The molecule has 136 valence electrons. The Morgan fingerprint density at radius 3 is 2.60 bits per heavy atom. The molecule has 2 aromatic rings. The van der Waals surface area contributed by atoms with Gasteiger partial charge in [0.1, 0.15) is 5.75 Å². The molecule has 0 saturated carbocycles. The SMILES string of the molecule is COc1cc(S(=O)(=O)N2CCN(CCc3cccs3)CC2)ccc1Br. The van der Waals surface area contributed by atoms with Crippen LogP contribution in [-0.2, 0) is 16.4 Å². The van der Waals surface area contributed by atoms with Gasteiger partial charge in [-0.1, -0.05) is 6.07 Å². The molecule has 0 radical (unpaired) electrons. The molecule has 0 aliphatic carbocycles. The molecule has 1 aliphatic heterocycles. The second-order valence-electron chi connectivity index (χ2n) is 5.87. The smallest absolute Gasteiger partial charge is 0.243 e. The van der Waals surface area contributed by atoms with Crippen molar-refractivity contribution in [2.24, 2.45) is 0 Å². The molecule has 1 aliphatic rings. The lowest BCUT2D eigenvalue weighted by Crippen LogP contribution is -2.48. The zero-order valence-corrected chi connectivity index (χ0v) is 17.2. The van der Waals surface area contributed by atoms with Gasteiger partial charge in [0.2, 0.25) is 10.0 Å². The monoisotopic (exact) mass is 444 g/mol. The van der Waals surface area contributed by atoms with Crippen molar-refractivity contribution in [1.82, 2.24) is 9.21 Å². The number of hydrogen-bond donors (Lipinski definition) is 0. The predicted molar refractivity (Wildman–Crippen MR) is 104 cm³/mol. The molecule has 0 atom stereocenters. The van der Waals surface area contributed by atoms with Crippen molar-refractivity contribution in [3.05, 3.63) is 45.1 Å². The number of halogens is 1. The number of ether oxygens (including phenoxy) is 1. The number of piperazine rings is 1. The van der Waals surface area contributed by atoms with Gasteiger partial charge >= 0.3 is 0 Å². The molecular weight excluding hydrogens is 424 g/mol. The molecule has 0 amide bonds. The van der Waals surface area contributed by atoms with Crippen molar-refractivity contribution in [1.29, 1.82) is 0 Å². The Morgan fingerprint density at radius 2 is 1.96 bits per heavy atom. The summed E-state index contributed by atoms with van der Waals surface area (Å²) in [4.78, 5) is 3.98. The number of sulfonamides is 1. The maximum Gasteiger partial charge on any atom is 0.243 e. The van der Waals surface area contributed by atoms with Crippen LogP contribution < -0.4 is 4.74 Å². The molecule has 5 nitrogen and oxygen atoms in total. The van der Waals surface area contributed by atoms with Crippen molar-refractivity contribution < 1.29 is 13.2 Å². The Morgan fingerprint density at radius 1 is 1.20 bits per heavy atom. The molecule has 0 bridgehead atoms. The summed E-state index contributed by atoms with van der Waals surface area (Å²) in [5.41, 5.74) is 0. The summed E-state index contributed by atoms with van der Waals surface area (Å²) in [6, 6.07) is 9.11. The molecule has 2 heterocycles. The van der Waals surface area contributed by atoms with E-state index in [-0.39, 0.29) is 4.90 Å². The zero-order valence-electron chi connectivity index (χ0n) is 14.0. The number of rotatable bonds is 6. The number of thiophene rings is 1. The highest BCUT2D eigenvalue weighted by Crippen LogP contribution is 2.29. The van der Waals surface area contributed by atoms with Crippen molar-refractivity contribution in [3.63, 3.8) is 0 Å². The van der Waals surface area contributed by atoms with Crippen LogP contribution in [0.1, 0.15) is 4.88 Å². The maximum atomic E-state index is 12.9. The summed E-state index contributed by atoms with van der Waals surface area (Å²) in [5.74, 6) is 0.524. The number of nitrogens with zero attached hydrogens (tertiary/aromatic N) is 2. The Hall–Kier alpha value is -0.930. The summed E-state index contributed by atoms with van der Waals surface area (Å²) >= 11 is 5.13. The minimum atomic E-state index is -3.49. The molecule has 25 heavy (non-hydrogen) atoms. The molecule has 1 aromatic heterocycles. The van der Waals surface area contributed by atoms with E-state index < -0.39 is 10.0 Å². The molecule has 1 fully saturated rings. The van der Waals surface area contributed by atoms with Gasteiger partial charge in [-0.3, -0.25) is 0 Å². The van der Waals surface area contributed by atoms with Gasteiger partial charge in [-0.25, -0.2) is 8.42 Å². The molecule has 1 saturated heterocycles. The van der Waals surface area contributed by atoms with E-state index in [0.717, 1.165) is 30.5 Å². The van der Waals surface area contributed by atoms with E-state index in [0.29, 0.717) is 18.8 Å². The fourth-order valence-electron chi connectivity index (χ4n) is 2.87. The van der Waals surface area contributed by atoms with Crippen LogP contribution in [0.25, 0.3) is 0 Å². The first kappa shape index (κ1) is 18.8. The van der Waals surface area contributed by atoms with E-state index in [2.05, 4.69) is 38.3 Å². The minimum Gasteiger partial charge on any atom is -0.496 e. The number of benzene rings is 1. The normalized spacial score (nSPS) is 16.9. The van der Waals surface area contributed by atoms with E-state index in [9.17, 15) is 8.42 Å². The third kappa shape index (κ3) is 4.43. The summed E-state index contributed by atoms with van der Waals surface area (Å²) in [5, 5.41) is 2.09. The topological polar surface area (TPSA) is 49.9 Å². The van der Waals surface area contributed by atoms with E-state index in [1.807, 2.05) is 0 Å². The van der Waals surface area contributed by atoms with Crippen LogP contribution in [0.5, 0.6) is 5.75 Å². The van der Waals surface area contributed by atoms with E-state index in [4.69, 9.17) is 4.74 Å². The van der Waals surface area contributed by atoms with E-state index in [1.54, 1.807) is 33.8 Å². The van der Waals surface area contributed by atoms with Crippen molar-refractivity contribution >= 4 is 37.3 Å². The van der Waals surface area contributed by atoms with Gasteiger partial charge in [0.25, 0.3) is 0 Å². The standard InChI is InChI=1S/C17H21BrN2O3S2/c1-23-17-13-15(4-5-16(17)18)25(21,22)20-10-8-19(9-11-20)7-6-14-3-2-12-24-14/h2-5,12-13H,6-11H2,1H3. The molecule has 3 rings (SSSR count). The largest absolute Gasteiger partial charge is 0.496 e. The zero-order chi connectivity index (χ0) is 17.9. The van der Waals surface area contributed by atoms with Crippen LogP contribution >= 0.6 is 27.3 Å². The van der Waals surface area contributed by atoms with Crippen LogP contribution in [0.2, 0.25) is 0 Å². The summed E-state index contributed by atoms with van der Waals surface area (Å²) < 4.78 is 33.2. The van der Waals surface area contributed by atoms with Gasteiger partial charge < -0.3 is 9.64 Å². The van der Waals surface area contributed by atoms with Crippen molar-refractivity contribution in [2.45, 2.75) is 11.3 Å². The summed E-state index contributed by atoms with van der Waals surface area (Å²) in [6.45, 7) is 3.54. The lowest BCUT2D eigenvalue weighted by atomic mass is 10.3. The van der Waals surface area contributed by atoms with E-state index in [1.165, 1.54) is 12.0 Å².